The molecule has 0 spiro atoms. The second kappa shape index (κ2) is 24.1. The van der Waals surface area contributed by atoms with Crippen molar-refractivity contribution in [2.24, 2.45) is 11.8 Å². The monoisotopic (exact) mass is 332 g/mol. The zero-order valence-electron chi connectivity index (χ0n) is 17.9. The highest BCUT2D eigenvalue weighted by Crippen LogP contribution is 2.18. The normalized spacial score (nSPS) is 14.9. The van der Waals surface area contributed by atoms with E-state index in [9.17, 15) is 0 Å². The van der Waals surface area contributed by atoms with Crippen LogP contribution in [0.25, 0.3) is 0 Å². The first-order valence-corrected chi connectivity index (χ1v) is 10.1. The molecule has 1 rings (SSSR count). The summed E-state index contributed by atoms with van der Waals surface area (Å²) in [5.41, 5.74) is 0. The van der Waals surface area contributed by atoms with Gasteiger partial charge in [-0.05, 0) is 44.8 Å². The smallest absolute Gasteiger partial charge is 0.0590 e. The molecular formula is C20H48N2O. The molecule has 1 N–H and O–H groups in total. The van der Waals surface area contributed by atoms with E-state index in [0.717, 1.165) is 31.6 Å². The van der Waals surface area contributed by atoms with Gasteiger partial charge < -0.3 is 15.0 Å². The third-order valence-electron chi connectivity index (χ3n) is 3.18. The van der Waals surface area contributed by atoms with E-state index in [2.05, 4.69) is 37.9 Å². The summed E-state index contributed by atoms with van der Waals surface area (Å²) in [7, 11) is 1.97. The fourth-order valence-electron chi connectivity index (χ4n) is 2.28. The number of ether oxygens (including phenoxy) is 1. The van der Waals surface area contributed by atoms with Crippen LogP contribution in [0.1, 0.15) is 74.7 Å². The number of nitrogens with zero attached hydrogens (tertiary/aromatic N) is 1. The highest BCUT2D eigenvalue weighted by atomic mass is 16.5. The van der Waals surface area contributed by atoms with Crippen LogP contribution in [-0.4, -0.2) is 51.3 Å². The van der Waals surface area contributed by atoms with Crippen LogP contribution in [-0.2, 0) is 4.74 Å². The average Bonchev–Trinajstić information content (AvgIpc) is 2.57. The fourth-order valence-corrected chi connectivity index (χ4v) is 2.28. The van der Waals surface area contributed by atoms with Crippen LogP contribution in [0.3, 0.4) is 0 Å². The van der Waals surface area contributed by atoms with E-state index >= 15 is 0 Å². The van der Waals surface area contributed by atoms with Crippen molar-refractivity contribution in [3.05, 3.63) is 0 Å². The van der Waals surface area contributed by atoms with Gasteiger partial charge in [0.1, 0.15) is 0 Å². The third-order valence-corrected chi connectivity index (χ3v) is 3.18. The van der Waals surface area contributed by atoms with Gasteiger partial charge in [0.05, 0.1) is 6.61 Å². The minimum Gasteiger partial charge on any atom is -0.380 e. The van der Waals surface area contributed by atoms with E-state index in [0.29, 0.717) is 0 Å². The fraction of sp³-hybridized carbons (Fsp3) is 1.00. The summed E-state index contributed by atoms with van der Waals surface area (Å²) in [6.45, 7) is 23.4. The van der Waals surface area contributed by atoms with E-state index in [1.165, 1.54) is 38.9 Å². The van der Waals surface area contributed by atoms with Gasteiger partial charge in [-0.2, -0.15) is 0 Å². The predicted molar refractivity (Wildman–Crippen MR) is 107 cm³/mol. The zero-order valence-corrected chi connectivity index (χ0v) is 17.9. The molecule has 144 valence electrons. The van der Waals surface area contributed by atoms with Gasteiger partial charge in [0.2, 0.25) is 0 Å². The van der Waals surface area contributed by atoms with Crippen LogP contribution in [0.4, 0.5) is 0 Å². The zero-order chi connectivity index (χ0) is 18.5. The molecular weight excluding hydrogens is 284 g/mol. The standard InChI is InChI=1S/C13H28N2O.C3H8.2C2H6/c1-12(2)10-15-7-4-13(5-8-15)11-16-9-6-14-3;1-3-2;2*1-2/h12-14H,4-11H2,1-3H3;3H2,1-2H3;2*1-2H3. The Balaban J connectivity index is -0.000000496. The lowest BCUT2D eigenvalue weighted by Gasteiger charge is -2.32. The van der Waals surface area contributed by atoms with E-state index in [1.54, 1.807) is 0 Å². The molecule has 3 heteroatoms. The Kier molecular flexibility index (Phi) is 29.1. The molecule has 0 saturated carbocycles. The van der Waals surface area contributed by atoms with Crippen molar-refractivity contribution < 1.29 is 4.74 Å². The largest absolute Gasteiger partial charge is 0.380 e. The number of likely N-dealkylation sites (N-methyl/N-ethyl adjacent to an activating group) is 1. The van der Waals surface area contributed by atoms with Crippen molar-refractivity contribution in [2.45, 2.75) is 74.7 Å². The lowest BCUT2D eigenvalue weighted by Crippen LogP contribution is -2.37. The van der Waals surface area contributed by atoms with Crippen molar-refractivity contribution in [2.75, 3.05) is 46.4 Å². The van der Waals surface area contributed by atoms with Crippen LogP contribution >= 0.6 is 0 Å². The van der Waals surface area contributed by atoms with Gasteiger partial charge in [0.15, 0.2) is 0 Å². The van der Waals surface area contributed by atoms with Gasteiger partial charge >= 0.3 is 0 Å². The Morgan fingerprint density at radius 1 is 1.04 bits per heavy atom. The van der Waals surface area contributed by atoms with Crippen molar-refractivity contribution >= 4 is 0 Å². The molecule has 3 nitrogen and oxygen atoms in total. The molecule has 0 bridgehead atoms. The Morgan fingerprint density at radius 3 is 1.91 bits per heavy atom. The second-order valence-corrected chi connectivity index (χ2v) is 6.02. The highest BCUT2D eigenvalue weighted by molar-refractivity contribution is 4.72. The first kappa shape index (κ1) is 27.7. The lowest BCUT2D eigenvalue weighted by atomic mass is 9.97. The first-order valence-electron chi connectivity index (χ1n) is 10.1. The number of piperidine rings is 1. The Labute approximate surface area is 148 Å². The molecule has 0 aromatic carbocycles. The van der Waals surface area contributed by atoms with Crippen LogP contribution in [0.15, 0.2) is 0 Å². The highest BCUT2D eigenvalue weighted by Gasteiger charge is 2.19. The van der Waals surface area contributed by atoms with Crippen LogP contribution in [0, 0.1) is 11.8 Å². The number of nitrogens with one attached hydrogen (secondary N) is 1. The molecule has 0 unspecified atom stereocenters. The van der Waals surface area contributed by atoms with E-state index in [4.69, 9.17) is 4.74 Å². The SMILES string of the molecule is CC.CC.CCC.CNCCOCC1CCN(CC(C)C)CC1. The van der Waals surface area contributed by atoms with E-state index in [-0.39, 0.29) is 0 Å². The van der Waals surface area contributed by atoms with Gasteiger partial charge in [-0.25, -0.2) is 0 Å². The average molecular weight is 333 g/mol. The minimum atomic E-state index is 0.792. The topological polar surface area (TPSA) is 24.5 Å². The van der Waals surface area contributed by atoms with Crippen molar-refractivity contribution in [3.63, 3.8) is 0 Å². The van der Waals surface area contributed by atoms with E-state index in [1.807, 2.05) is 34.7 Å². The Hall–Kier alpha value is -0.120. The summed E-state index contributed by atoms with van der Waals surface area (Å²) >= 11 is 0. The van der Waals surface area contributed by atoms with Crippen LogP contribution < -0.4 is 5.32 Å². The summed E-state index contributed by atoms with van der Waals surface area (Å²) in [4.78, 5) is 2.59. The molecule has 0 atom stereocenters. The molecule has 1 fully saturated rings. The van der Waals surface area contributed by atoms with E-state index < -0.39 is 0 Å². The van der Waals surface area contributed by atoms with Gasteiger partial charge in [0, 0.05) is 19.7 Å². The summed E-state index contributed by atoms with van der Waals surface area (Å²) < 4.78 is 5.65. The predicted octanol–water partition coefficient (Wildman–Crippen LogP) is 5.06. The van der Waals surface area contributed by atoms with Gasteiger partial charge in [-0.1, -0.05) is 61.8 Å². The molecule has 1 aliphatic heterocycles. The van der Waals surface area contributed by atoms with Crippen LogP contribution in [0.2, 0.25) is 0 Å². The van der Waals surface area contributed by atoms with Gasteiger partial charge in [0.25, 0.3) is 0 Å². The number of hydrogen-bond acceptors (Lipinski definition) is 3. The summed E-state index contributed by atoms with van der Waals surface area (Å²) in [5, 5.41) is 3.10. The third kappa shape index (κ3) is 21.9. The molecule has 0 radical (unpaired) electrons. The Morgan fingerprint density at radius 2 is 1.52 bits per heavy atom. The molecule has 0 aliphatic carbocycles. The minimum absolute atomic E-state index is 0.792. The molecule has 1 aliphatic rings. The molecule has 1 saturated heterocycles. The quantitative estimate of drug-likeness (QED) is 0.660. The van der Waals surface area contributed by atoms with Crippen molar-refractivity contribution in [1.82, 2.24) is 10.2 Å². The summed E-state index contributed by atoms with van der Waals surface area (Å²) in [5.74, 6) is 1.59. The lowest BCUT2D eigenvalue weighted by molar-refractivity contribution is 0.0664. The second-order valence-electron chi connectivity index (χ2n) is 6.02. The molecule has 0 aromatic rings. The first-order chi connectivity index (χ1) is 11.1. The maximum atomic E-state index is 5.65. The number of rotatable bonds is 7. The number of hydrogen-bond donors (Lipinski definition) is 1. The number of likely N-dealkylation sites (tertiary alicyclic amines) is 1. The Bertz CT molecular complexity index is 178. The van der Waals surface area contributed by atoms with Crippen LogP contribution in [0.5, 0.6) is 0 Å². The molecule has 0 amide bonds. The van der Waals surface area contributed by atoms with Crippen molar-refractivity contribution in [1.29, 1.82) is 0 Å². The maximum Gasteiger partial charge on any atom is 0.0590 e. The molecule has 1 heterocycles. The summed E-state index contributed by atoms with van der Waals surface area (Å²) in [6.07, 6.45) is 3.87. The van der Waals surface area contributed by atoms with Gasteiger partial charge in [-0.15, -0.1) is 0 Å². The maximum absolute atomic E-state index is 5.65. The summed E-state index contributed by atoms with van der Waals surface area (Å²) in [6, 6.07) is 0. The molecule has 0 aromatic heterocycles. The van der Waals surface area contributed by atoms with Gasteiger partial charge in [-0.3, -0.25) is 0 Å². The van der Waals surface area contributed by atoms with Crippen molar-refractivity contribution in [3.8, 4) is 0 Å². The molecule has 23 heavy (non-hydrogen) atoms.